The van der Waals surface area contributed by atoms with E-state index in [1.54, 1.807) is 6.92 Å². The smallest absolute Gasteiger partial charge is 0.438 e. The van der Waals surface area contributed by atoms with Gasteiger partial charge in [0.2, 0.25) is 0 Å². The third-order valence-corrected chi connectivity index (χ3v) is 0.429. The number of hydrogen-bond acceptors (Lipinski definition) is 4. The minimum absolute atomic E-state index is 0.368. The van der Waals surface area contributed by atoms with Crippen molar-refractivity contribution < 1.29 is 33.5 Å². The van der Waals surface area contributed by atoms with E-state index in [0.29, 0.717) is 6.61 Å². The van der Waals surface area contributed by atoms with E-state index in [-0.39, 0.29) is 0 Å². The van der Waals surface area contributed by atoms with E-state index in [4.69, 9.17) is 19.2 Å². The molecule has 0 saturated carbocycles. The molecule has 0 aromatic heterocycles. The molecule has 0 unspecified atom stereocenters. The quantitative estimate of drug-likeness (QED) is 0.400. The van der Waals surface area contributed by atoms with Crippen LogP contribution in [0.4, 0.5) is 4.79 Å². The van der Waals surface area contributed by atoms with Gasteiger partial charge in [0.05, 0.1) is 13.7 Å². The topological polar surface area (TPSA) is 113 Å². The maximum absolute atomic E-state index is 9.97. The molecule has 0 heterocycles. The Morgan fingerprint density at radius 3 is 1.83 bits per heavy atom. The summed E-state index contributed by atoms with van der Waals surface area (Å²) in [5.74, 6) is 0. The highest BCUT2D eigenvalue weighted by atomic mass is 31.2. The Balaban J connectivity index is 0. The first-order chi connectivity index (χ1) is 5.31. The molecule has 12 heavy (non-hydrogen) atoms. The van der Waals surface area contributed by atoms with Crippen LogP contribution in [-0.2, 0) is 14.0 Å². The van der Waals surface area contributed by atoms with Crippen molar-refractivity contribution >= 4 is 14.0 Å². The van der Waals surface area contributed by atoms with Crippen molar-refractivity contribution in [2.45, 2.75) is 6.92 Å². The summed E-state index contributed by atoms with van der Waals surface area (Å²) in [7, 11) is -3.36. The molecule has 0 atom stereocenters. The van der Waals surface area contributed by atoms with Crippen LogP contribution in [0.25, 0.3) is 0 Å². The second-order valence-electron chi connectivity index (χ2n) is 1.40. The highest BCUT2D eigenvalue weighted by Gasteiger charge is 2.00. The minimum atomic E-state index is -4.64. The molecule has 74 valence electrons. The van der Waals surface area contributed by atoms with Crippen LogP contribution >= 0.6 is 7.82 Å². The van der Waals surface area contributed by atoms with Crippen molar-refractivity contribution in [3.63, 3.8) is 0 Å². The van der Waals surface area contributed by atoms with E-state index in [2.05, 4.69) is 9.47 Å². The number of carbonyl (C=O) groups is 1. The molecule has 0 fully saturated rings. The van der Waals surface area contributed by atoms with Crippen LogP contribution in [0.5, 0.6) is 0 Å². The van der Waals surface area contributed by atoms with Gasteiger partial charge in [0, 0.05) is 0 Å². The number of hydrogen-bond donors (Lipinski definition) is 3. The number of methoxy groups -OCH3 is 1. The van der Waals surface area contributed by atoms with Gasteiger partial charge in [-0.3, -0.25) is 0 Å². The van der Waals surface area contributed by atoms with Crippen LogP contribution in [0.2, 0.25) is 0 Å². The number of rotatable bonds is 1. The molecule has 0 saturated heterocycles. The van der Waals surface area contributed by atoms with Gasteiger partial charge >= 0.3 is 14.0 Å². The molecule has 0 spiro atoms. The van der Waals surface area contributed by atoms with E-state index in [9.17, 15) is 4.79 Å². The zero-order valence-electron chi connectivity index (χ0n) is 6.63. The summed E-state index contributed by atoms with van der Waals surface area (Å²) in [5, 5.41) is 0. The van der Waals surface area contributed by atoms with Crippen LogP contribution < -0.4 is 0 Å². The molecule has 0 aliphatic rings. The van der Waals surface area contributed by atoms with Gasteiger partial charge in [-0.25, -0.2) is 9.36 Å². The lowest BCUT2D eigenvalue weighted by Gasteiger charge is -1.94. The lowest BCUT2D eigenvalue weighted by Crippen LogP contribution is -2.02. The summed E-state index contributed by atoms with van der Waals surface area (Å²) >= 11 is 0. The third-order valence-electron chi connectivity index (χ3n) is 0.429. The average molecular weight is 202 g/mol. The first-order valence-corrected chi connectivity index (χ1v) is 4.36. The first-order valence-electron chi connectivity index (χ1n) is 2.80. The van der Waals surface area contributed by atoms with Crippen molar-refractivity contribution in [1.82, 2.24) is 0 Å². The molecular formula is C4H11O7P. The molecule has 0 radical (unpaired) electrons. The molecular weight excluding hydrogens is 191 g/mol. The van der Waals surface area contributed by atoms with Crippen molar-refractivity contribution in [2.75, 3.05) is 13.7 Å². The molecule has 7 nitrogen and oxygen atoms in total. The Hall–Kier alpha value is -0.620. The largest absolute Gasteiger partial charge is 0.507 e. The van der Waals surface area contributed by atoms with Gasteiger partial charge in [0.15, 0.2) is 0 Å². The summed E-state index contributed by atoms with van der Waals surface area (Å²) in [6, 6.07) is 0. The van der Waals surface area contributed by atoms with Crippen LogP contribution in [-0.4, -0.2) is 34.6 Å². The maximum Gasteiger partial charge on any atom is 0.507 e. The zero-order chi connectivity index (χ0) is 10.2. The Bertz CT molecular complexity index is 153. The van der Waals surface area contributed by atoms with Crippen molar-refractivity contribution in [1.29, 1.82) is 0 Å². The van der Waals surface area contributed by atoms with Gasteiger partial charge in [0.1, 0.15) is 0 Å². The summed E-state index contributed by atoms with van der Waals surface area (Å²) in [6.45, 7) is 2.09. The molecule has 0 aliphatic carbocycles. The Kier molecular flexibility index (Phi) is 8.19. The number of ether oxygens (including phenoxy) is 2. The molecule has 0 aliphatic heterocycles. The lowest BCUT2D eigenvalue weighted by atomic mass is 10.9. The first kappa shape index (κ1) is 13.9. The lowest BCUT2D eigenvalue weighted by molar-refractivity contribution is 0.0771. The summed E-state index contributed by atoms with van der Waals surface area (Å²) in [5.41, 5.74) is 0. The summed E-state index contributed by atoms with van der Waals surface area (Å²) < 4.78 is 17.3. The number of carbonyl (C=O) groups excluding carboxylic acids is 1. The molecule has 3 N–H and O–H groups in total. The van der Waals surface area contributed by atoms with E-state index in [1.807, 2.05) is 0 Å². The molecule has 0 bridgehead atoms. The predicted octanol–water partition coefficient (Wildman–Crippen LogP) is -0.139. The maximum atomic E-state index is 9.97. The van der Waals surface area contributed by atoms with E-state index < -0.39 is 14.0 Å². The molecule has 0 rings (SSSR count). The van der Waals surface area contributed by atoms with Gasteiger partial charge in [-0.1, -0.05) is 0 Å². The van der Waals surface area contributed by atoms with E-state index in [0.717, 1.165) is 0 Å². The van der Waals surface area contributed by atoms with Crippen molar-refractivity contribution in [3.8, 4) is 0 Å². The standard InChI is InChI=1S/C4H8O3.H3O4P/c1-3-7-4(5)6-2;1-5(2,3)4/h3H2,1-2H3;(H3,1,2,3,4). The van der Waals surface area contributed by atoms with Gasteiger partial charge in [-0.05, 0) is 6.92 Å². The van der Waals surface area contributed by atoms with Crippen molar-refractivity contribution in [3.05, 3.63) is 0 Å². The fraction of sp³-hybridized carbons (Fsp3) is 0.750. The fourth-order valence-electron chi connectivity index (χ4n) is 0.177. The summed E-state index contributed by atoms with van der Waals surface area (Å²) in [6.07, 6.45) is -0.623. The predicted molar refractivity (Wildman–Crippen MR) is 38.3 cm³/mol. The Morgan fingerprint density at radius 1 is 1.42 bits per heavy atom. The van der Waals surface area contributed by atoms with Crippen LogP contribution in [0.15, 0.2) is 0 Å². The summed E-state index contributed by atoms with van der Waals surface area (Å²) in [4.78, 5) is 31.5. The molecule has 0 amide bonds. The Morgan fingerprint density at radius 2 is 1.75 bits per heavy atom. The van der Waals surface area contributed by atoms with Gasteiger partial charge in [0.25, 0.3) is 0 Å². The zero-order valence-corrected chi connectivity index (χ0v) is 7.52. The van der Waals surface area contributed by atoms with Crippen LogP contribution in [0, 0.1) is 0 Å². The van der Waals surface area contributed by atoms with Gasteiger partial charge < -0.3 is 24.2 Å². The van der Waals surface area contributed by atoms with Gasteiger partial charge in [-0.15, -0.1) is 0 Å². The van der Waals surface area contributed by atoms with Crippen LogP contribution in [0.1, 0.15) is 6.92 Å². The monoisotopic (exact) mass is 202 g/mol. The third kappa shape index (κ3) is 34.3. The number of phosphoric acid groups is 1. The second-order valence-corrected chi connectivity index (χ2v) is 2.43. The van der Waals surface area contributed by atoms with E-state index >= 15 is 0 Å². The molecule has 8 heteroatoms. The molecule has 0 aromatic carbocycles. The Labute approximate surface area is 69.2 Å². The van der Waals surface area contributed by atoms with Gasteiger partial charge in [-0.2, -0.15) is 0 Å². The van der Waals surface area contributed by atoms with Crippen molar-refractivity contribution in [2.24, 2.45) is 0 Å². The molecule has 0 aromatic rings. The fourth-order valence-corrected chi connectivity index (χ4v) is 0.177. The van der Waals surface area contributed by atoms with E-state index in [1.165, 1.54) is 7.11 Å². The average Bonchev–Trinajstić information content (AvgIpc) is 1.85. The minimum Gasteiger partial charge on any atom is -0.438 e. The van der Waals surface area contributed by atoms with Crippen LogP contribution in [0.3, 0.4) is 0 Å². The highest BCUT2D eigenvalue weighted by Crippen LogP contribution is 2.25. The highest BCUT2D eigenvalue weighted by molar-refractivity contribution is 7.45. The second kappa shape index (κ2) is 7.05. The SMILES string of the molecule is CCOC(=O)OC.O=P(O)(O)O. The normalized spacial score (nSPS) is 9.42.